The molecule has 3 N–H and O–H groups in total. The largest absolute Gasteiger partial charge is 0.416 e. The number of unbranched alkanes of at least 4 members (excludes halogenated alkanes) is 1. The number of aliphatic imine (C=N–C) groups is 1. The van der Waals surface area contributed by atoms with Gasteiger partial charge in [0.05, 0.1) is 37.0 Å². The zero-order chi connectivity index (χ0) is 28.4. The van der Waals surface area contributed by atoms with E-state index in [0.29, 0.717) is 35.8 Å². The first-order chi connectivity index (χ1) is 18.7. The van der Waals surface area contributed by atoms with Crippen LogP contribution in [0.4, 0.5) is 17.1 Å². The van der Waals surface area contributed by atoms with Crippen molar-refractivity contribution in [2.24, 2.45) is 10.7 Å². The number of amides is 2. The van der Waals surface area contributed by atoms with Crippen molar-refractivity contribution in [3.05, 3.63) is 65.5 Å². The number of benzene rings is 2. The van der Waals surface area contributed by atoms with Gasteiger partial charge in [-0.2, -0.15) is 10.5 Å². The lowest BCUT2D eigenvalue weighted by Crippen LogP contribution is -2.38. The second-order valence-corrected chi connectivity index (χ2v) is 13.9. The Labute approximate surface area is 230 Å². The monoisotopic (exact) mass is 543 g/mol. The number of nitrogens with zero attached hydrogens (tertiary/aromatic N) is 5. The molecule has 0 aliphatic carbocycles. The summed E-state index contributed by atoms with van der Waals surface area (Å²) in [5.74, 6) is -1.40. The third kappa shape index (κ3) is 7.77. The van der Waals surface area contributed by atoms with Crippen molar-refractivity contribution in [1.82, 2.24) is 0 Å². The van der Waals surface area contributed by atoms with Crippen LogP contribution in [0, 0.1) is 22.8 Å². The van der Waals surface area contributed by atoms with Crippen LogP contribution in [0.5, 0.6) is 0 Å². The van der Waals surface area contributed by atoms with Gasteiger partial charge in [0.2, 0.25) is 0 Å². The van der Waals surface area contributed by atoms with Crippen LogP contribution in [-0.4, -0.2) is 46.0 Å². The lowest BCUT2D eigenvalue weighted by Gasteiger charge is -2.28. The van der Waals surface area contributed by atoms with Crippen LogP contribution >= 0.6 is 0 Å². The molecule has 0 saturated carbocycles. The summed E-state index contributed by atoms with van der Waals surface area (Å²) in [6, 6.07) is 16.5. The molecule has 0 bridgehead atoms. The Morgan fingerprint density at radius 3 is 2.44 bits per heavy atom. The van der Waals surface area contributed by atoms with Gasteiger partial charge in [0, 0.05) is 17.6 Å². The Morgan fingerprint density at radius 2 is 1.85 bits per heavy atom. The highest BCUT2D eigenvalue weighted by Crippen LogP contribution is 2.26. The van der Waals surface area contributed by atoms with Gasteiger partial charge in [-0.15, -0.1) is 0 Å². The van der Waals surface area contributed by atoms with Crippen LogP contribution in [-0.2, 0) is 14.0 Å². The lowest BCUT2D eigenvalue weighted by molar-refractivity contribution is -0.116. The number of primary amides is 1. The molecule has 2 aromatic rings. The van der Waals surface area contributed by atoms with Crippen LogP contribution in [0.1, 0.15) is 25.3 Å². The van der Waals surface area contributed by atoms with E-state index in [9.17, 15) is 14.9 Å². The van der Waals surface area contributed by atoms with Gasteiger partial charge >= 0.3 is 0 Å². The first-order valence-corrected chi connectivity index (χ1v) is 15.9. The summed E-state index contributed by atoms with van der Waals surface area (Å²) >= 11 is 0. The molecule has 11 heteroatoms. The minimum Gasteiger partial charge on any atom is -0.416 e. The maximum Gasteiger partial charge on any atom is 0.276 e. The van der Waals surface area contributed by atoms with Gasteiger partial charge in [0.25, 0.3) is 11.8 Å². The molecule has 0 atom stereocenters. The van der Waals surface area contributed by atoms with E-state index in [1.54, 1.807) is 58.3 Å². The Balaban J connectivity index is 1.70. The fourth-order valence-corrected chi connectivity index (χ4v) is 6.09. The molecule has 0 aromatic heterocycles. The van der Waals surface area contributed by atoms with Crippen molar-refractivity contribution >= 4 is 43.4 Å². The normalized spacial score (nSPS) is 13.0. The summed E-state index contributed by atoms with van der Waals surface area (Å²) in [6.07, 6.45) is 5.98. The van der Waals surface area contributed by atoms with Crippen LogP contribution in [0.25, 0.3) is 0 Å². The van der Waals surface area contributed by atoms with E-state index in [0.717, 1.165) is 18.9 Å². The number of hydrogen-bond donors (Lipinski definition) is 2. The van der Waals surface area contributed by atoms with Crippen molar-refractivity contribution < 1.29 is 14.0 Å². The molecule has 0 saturated heterocycles. The number of nitrogens with one attached hydrogen (secondary N) is 1. The maximum absolute atomic E-state index is 13.1. The van der Waals surface area contributed by atoms with Crippen molar-refractivity contribution in [3.63, 3.8) is 0 Å². The number of hydrogen-bond acceptors (Lipinski definition) is 8. The Morgan fingerprint density at radius 1 is 1.15 bits per heavy atom. The molecule has 10 nitrogen and oxygen atoms in total. The van der Waals surface area contributed by atoms with Crippen molar-refractivity contribution in [2.45, 2.75) is 38.9 Å². The molecule has 0 radical (unpaired) electrons. The molecule has 1 aliphatic heterocycles. The van der Waals surface area contributed by atoms with Gasteiger partial charge in [-0.25, -0.2) is 0 Å². The number of rotatable bonds is 12. The summed E-state index contributed by atoms with van der Waals surface area (Å²) < 4.78 is 6.13. The number of nitrogens with two attached hydrogens (primary N) is 1. The predicted molar refractivity (Wildman–Crippen MR) is 154 cm³/mol. The van der Waals surface area contributed by atoms with Crippen LogP contribution in [0.15, 0.2) is 64.9 Å². The van der Waals surface area contributed by atoms with Gasteiger partial charge in [-0.1, -0.05) is 19.8 Å². The Hall–Kier alpha value is -4.45. The van der Waals surface area contributed by atoms with E-state index in [-0.39, 0.29) is 17.9 Å². The van der Waals surface area contributed by atoms with Crippen LogP contribution in [0.2, 0.25) is 19.1 Å². The molecule has 0 unspecified atom stereocenters. The molecule has 3 rings (SSSR count). The van der Waals surface area contributed by atoms with Crippen molar-refractivity contribution in [3.8, 4) is 12.3 Å². The van der Waals surface area contributed by atoms with Gasteiger partial charge < -0.3 is 20.4 Å². The molecule has 0 spiro atoms. The fraction of sp³-hybridized carbons (Fsp3) is 0.321. The SMILES string of the molecule is CCCC[Si](C)(C)OCCN(C#N)c1ccc(NC(=O)C2=C(C(N)=O)N(c3ccc(C#N)cc3)CC=N2)cc1. The van der Waals surface area contributed by atoms with Gasteiger partial charge in [0.1, 0.15) is 5.70 Å². The zero-order valence-corrected chi connectivity index (χ0v) is 23.5. The number of carbonyl (C=O) groups is 2. The van der Waals surface area contributed by atoms with E-state index >= 15 is 0 Å². The molecular weight excluding hydrogens is 510 g/mol. The van der Waals surface area contributed by atoms with E-state index in [1.165, 1.54) is 6.21 Å². The minimum atomic E-state index is -1.74. The summed E-state index contributed by atoms with van der Waals surface area (Å²) in [4.78, 5) is 32.7. The highest BCUT2D eigenvalue weighted by molar-refractivity contribution is 6.71. The number of carbonyl (C=O) groups excluding carboxylic acids is 2. The second-order valence-electron chi connectivity index (χ2n) is 9.61. The maximum atomic E-state index is 13.1. The quantitative estimate of drug-likeness (QED) is 0.233. The molecular formula is C28H33N7O3Si. The Kier molecular flexibility index (Phi) is 9.98. The van der Waals surface area contributed by atoms with Crippen molar-refractivity contribution in [2.75, 3.05) is 34.8 Å². The predicted octanol–water partition coefficient (Wildman–Crippen LogP) is 4.09. The summed E-state index contributed by atoms with van der Waals surface area (Å²) in [5, 5.41) is 21.4. The Bertz CT molecular complexity index is 1320. The second kappa shape index (κ2) is 13.4. The fourth-order valence-electron chi connectivity index (χ4n) is 4.10. The summed E-state index contributed by atoms with van der Waals surface area (Å²) in [7, 11) is -1.74. The lowest BCUT2D eigenvalue weighted by atomic mass is 10.1. The molecule has 202 valence electrons. The molecule has 2 aromatic carbocycles. The average molecular weight is 544 g/mol. The summed E-state index contributed by atoms with van der Waals surface area (Å²) in [6.45, 7) is 7.68. The smallest absolute Gasteiger partial charge is 0.276 e. The van der Waals surface area contributed by atoms with Crippen molar-refractivity contribution in [1.29, 1.82) is 10.5 Å². The number of nitriles is 2. The topological polar surface area (TPSA) is 148 Å². The molecule has 1 aliphatic rings. The highest BCUT2D eigenvalue weighted by Gasteiger charge is 2.28. The zero-order valence-electron chi connectivity index (χ0n) is 22.5. The third-order valence-corrected chi connectivity index (χ3v) is 8.78. The molecule has 2 amide bonds. The minimum absolute atomic E-state index is 0.0441. The van der Waals surface area contributed by atoms with Crippen LogP contribution < -0.4 is 20.9 Å². The van der Waals surface area contributed by atoms with E-state index < -0.39 is 20.1 Å². The van der Waals surface area contributed by atoms with E-state index in [1.807, 2.05) is 6.07 Å². The van der Waals surface area contributed by atoms with Gasteiger partial charge in [0.15, 0.2) is 20.2 Å². The summed E-state index contributed by atoms with van der Waals surface area (Å²) in [5.41, 5.74) is 7.69. The van der Waals surface area contributed by atoms with E-state index in [2.05, 4.69) is 36.5 Å². The first kappa shape index (κ1) is 29.1. The molecule has 1 heterocycles. The number of anilines is 3. The molecule has 0 fully saturated rings. The third-order valence-electron chi connectivity index (χ3n) is 6.23. The van der Waals surface area contributed by atoms with E-state index in [4.69, 9.17) is 15.4 Å². The van der Waals surface area contributed by atoms with Crippen LogP contribution in [0.3, 0.4) is 0 Å². The highest BCUT2D eigenvalue weighted by atomic mass is 28.4. The van der Waals surface area contributed by atoms with Gasteiger partial charge in [-0.05, 0) is 67.7 Å². The standard InChI is InChI=1S/C28H33N7O3Si/c1-4-5-18-39(2,3)38-17-16-34(20-30)23-12-8-22(9-13-23)33-28(37)25-26(27(31)36)35(15-14-32-25)24-10-6-21(19-29)7-11-24/h6-14H,4-5,15-18H2,1-3H3,(H2,31,36)(H,33,37). The average Bonchev–Trinajstić information content (AvgIpc) is 2.94. The molecule has 39 heavy (non-hydrogen) atoms. The first-order valence-electron chi connectivity index (χ1n) is 12.8. The van der Waals surface area contributed by atoms with Gasteiger partial charge in [-0.3, -0.25) is 19.5 Å².